The number of hydrogen-bond donors (Lipinski definition) is 0. The van der Waals surface area contributed by atoms with Gasteiger partial charge in [0.05, 0.1) is 0 Å². The van der Waals surface area contributed by atoms with Crippen LogP contribution in [0, 0.1) is 7.14 Å². The van der Waals surface area contributed by atoms with Crippen molar-refractivity contribution in [1.29, 1.82) is 0 Å². The molecule has 0 radical (unpaired) electrons. The Morgan fingerprint density at radius 3 is 1.52 bits per heavy atom. The minimum atomic E-state index is -3.21. The molecule has 0 saturated heterocycles. The molecule has 0 heterocycles. The molecule has 2 aromatic rings. The van der Waals surface area contributed by atoms with E-state index in [1.807, 2.05) is 36.4 Å². The summed E-state index contributed by atoms with van der Waals surface area (Å²) in [4.78, 5) is 11.9. The van der Waals surface area contributed by atoms with Crippen molar-refractivity contribution in [3.8, 4) is 0 Å². The van der Waals surface area contributed by atoms with Crippen molar-refractivity contribution >= 4 is 5.97 Å². The van der Waals surface area contributed by atoms with Gasteiger partial charge in [-0.3, -0.25) is 0 Å². The van der Waals surface area contributed by atoms with E-state index in [0.717, 1.165) is 0 Å². The summed E-state index contributed by atoms with van der Waals surface area (Å²) in [5.74, 6) is -0.200. The molecule has 114 valence electrons. The third-order valence-corrected chi connectivity index (χ3v) is 13.9. The molecular weight excluding hydrogens is 375 g/mol. The monoisotopic (exact) mass is 397 g/mol. The van der Waals surface area contributed by atoms with Crippen LogP contribution in [0.15, 0.2) is 60.7 Å². The van der Waals surface area contributed by atoms with Gasteiger partial charge in [0.1, 0.15) is 0 Å². The second-order valence-electron chi connectivity index (χ2n) is 5.74. The Bertz CT molecular complexity index is 561. The quantitative estimate of drug-likeness (QED) is 0.574. The van der Waals surface area contributed by atoms with Gasteiger partial charge >= 0.3 is 132 Å². The molecule has 0 bridgehead atoms. The molecule has 0 atom stereocenters. The first-order valence-electron chi connectivity index (χ1n) is 6.95. The third-order valence-electron chi connectivity index (χ3n) is 3.10. The summed E-state index contributed by atoms with van der Waals surface area (Å²) in [7, 11) is 0. The molecule has 0 aromatic heterocycles. The van der Waals surface area contributed by atoms with Crippen molar-refractivity contribution in [2.24, 2.45) is 0 Å². The average Bonchev–Trinajstić information content (AvgIpc) is 2.45. The molecule has 2 aromatic carbocycles. The number of carbonyl (C=O) groups excluding carboxylic acids is 1. The first-order chi connectivity index (χ1) is 9.88. The van der Waals surface area contributed by atoms with Crippen LogP contribution in [0.4, 0.5) is 0 Å². The Morgan fingerprint density at radius 2 is 1.24 bits per heavy atom. The molecule has 0 aliphatic carbocycles. The SMILES string of the molecule is CC(=O)O[I-](c1ccccc1)(c1ccccc1)C(C)(C)C. The van der Waals surface area contributed by atoms with Gasteiger partial charge < -0.3 is 0 Å². The molecule has 0 N–H and O–H groups in total. The van der Waals surface area contributed by atoms with Crippen molar-refractivity contribution in [2.45, 2.75) is 31.1 Å². The van der Waals surface area contributed by atoms with Crippen LogP contribution in [-0.4, -0.2) is 9.39 Å². The summed E-state index contributed by atoms with van der Waals surface area (Å²) < 4.78 is 8.34. The van der Waals surface area contributed by atoms with E-state index in [2.05, 4.69) is 45.0 Å². The Kier molecular flexibility index (Phi) is 4.71. The zero-order chi connectivity index (χ0) is 15.5. The first kappa shape index (κ1) is 16.0. The predicted molar refractivity (Wildman–Crippen MR) is 81.8 cm³/mol. The zero-order valence-electron chi connectivity index (χ0n) is 13.0. The van der Waals surface area contributed by atoms with Crippen LogP contribution >= 0.6 is 0 Å². The van der Waals surface area contributed by atoms with Gasteiger partial charge in [0.15, 0.2) is 0 Å². The van der Waals surface area contributed by atoms with Crippen LogP contribution in [0.25, 0.3) is 0 Å². The number of carbonyl (C=O) groups is 1. The number of benzene rings is 2. The van der Waals surface area contributed by atoms with Gasteiger partial charge in [-0.15, -0.1) is 0 Å². The van der Waals surface area contributed by atoms with Crippen LogP contribution in [0.2, 0.25) is 0 Å². The van der Waals surface area contributed by atoms with Gasteiger partial charge in [-0.1, -0.05) is 0 Å². The Hall–Kier alpha value is -1.36. The Labute approximate surface area is 131 Å². The normalized spacial score (nSPS) is 12.8. The van der Waals surface area contributed by atoms with E-state index in [0.29, 0.717) is 0 Å². The van der Waals surface area contributed by atoms with Crippen molar-refractivity contribution < 1.29 is 26.7 Å². The molecule has 0 amide bonds. The van der Waals surface area contributed by atoms with Crippen molar-refractivity contribution in [1.82, 2.24) is 0 Å². The maximum atomic E-state index is 11.9. The fourth-order valence-corrected chi connectivity index (χ4v) is 11.7. The van der Waals surface area contributed by atoms with Gasteiger partial charge in [-0.25, -0.2) is 0 Å². The number of halogens is 1. The second-order valence-corrected chi connectivity index (χ2v) is 14.8. The zero-order valence-corrected chi connectivity index (χ0v) is 15.1. The number of alkyl halides is 1. The van der Waals surface area contributed by atoms with Crippen molar-refractivity contribution in [2.75, 3.05) is 0 Å². The maximum absolute atomic E-state index is 11.9. The molecule has 0 fully saturated rings. The summed E-state index contributed by atoms with van der Waals surface area (Å²) in [6, 6.07) is 20.5. The molecule has 2 rings (SSSR count). The van der Waals surface area contributed by atoms with Crippen LogP contribution < -0.4 is 18.8 Å². The number of rotatable bonds is 3. The average molecular weight is 397 g/mol. The van der Waals surface area contributed by atoms with Crippen LogP contribution in [0.5, 0.6) is 0 Å². The first-order valence-corrected chi connectivity index (χ1v) is 11.1. The molecule has 0 aliphatic rings. The molecule has 21 heavy (non-hydrogen) atoms. The van der Waals surface area contributed by atoms with Crippen molar-refractivity contribution in [3.63, 3.8) is 0 Å². The summed E-state index contributed by atoms with van der Waals surface area (Å²) in [5, 5.41) is 0. The molecule has 3 heteroatoms. The van der Waals surface area contributed by atoms with Crippen LogP contribution in [0.1, 0.15) is 27.7 Å². The van der Waals surface area contributed by atoms with E-state index >= 15 is 0 Å². The van der Waals surface area contributed by atoms with E-state index in [-0.39, 0.29) is 9.39 Å². The molecular formula is C18H22IO2-. The van der Waals surface area contributed by atoms with Crippen LogP contribution in [0.3, 0.4) is 0 Å². The molecule has 2 nitrogen and oxygen atoms in total. The fraction of sp³-hybridized carbons (Fsp3) is 0.278. The van der Waals surface area contributed by atoms with E-state index < -0.39 is 18.8 Å². The Morgan fingerprint density at radius 1 is 0.857 bits per heavy atom. The number of hydrogen-bond acceptors (Lipinski definition) is 2. The van der Waals surface area contributed by atoms with Gasteiger partial charge in [0.2, 0.25) is 0 Å². The standard InChI is InChI=1S/C18H22IO2/c1-15(20)21-19(18(2,3)4,16-11-7-5-8-12-16)17-13-9-6-10-14-17/h5-14H,1-4H3/q-1. The third kappa shape index (κ3) is 3.12. The van der Waals surface area contributed by atoms with Gasteiger partial charge in [0, 0.05) is 0 Å². The summed E-state index contributed by atoms with van der Waals surface area (Å²) in [6.07, 6.45) is 0. The molecule has 0 saturated carbocycles. The van der Waals surface area contributed by atoms with E-state index in [4.69, 9.17) is 3.07 Å². The summed E-state index contributed by atoms with van der Waals surface area (Å²) >= 11 is -3.21. The second kappa shape index (κ2) is 6.18. The molecule has 0 aliphatic heterocycles. The topological polar surface area (TPSA) is 26.3 Å². The van der Waals surface area contributed by atoms with Crippen molar-refractivity contribution in [3.05, 3.63) is 67.8 Å². The van der Waals surface area contributed by atoms with Crippen LogP contribution in [-0.2, 0) is 7.86 Å². The summed E-state index contributed by atoms with van der Waals surface area (Å²) in [5.41, 5.74) is 0. The fourth-order valence-electron chi connectivity index (χ4n) is 2.33. The van der Waals surface area contributed by atoms with E-state index in [1.54, 1.807) is 0 Å². The van der Waals surface area contributed by atoms with Gasteiger partial charge in [-0.05, 0) is 0 Å². The van der Waals surface area contributed by atoms with E-state index in [1.165, 1.54) is 14.1 Å². The minimum absolute atomic E-state index is 0.110. The van der Waals surface area contributed by atoms with Gasteiger partial charge in [-0.2, -0.15) is 0 Å². The predicted octanol–water partition coefficient (Wildman–Crippen LogP) is 1.16. The Balaban J connectivity index is 2.75. The van der Waals surface area contributed by atoms with Gasteiger partial charge in [0.25, 0.3) is 0 Å². The molecule has 0 spiro atoms. The summed E-state index contributed by atoms with van der Waals surface area (Å²) in [6.45, 7) is 8.03. The molecule has 0 unspecified atom stereocenters. The van der Waals surface area contributed by atoms with E-state index in [9.17, 15) is 4.79 Å².